The lowest BCUT2D eigenvalue weighted by molar-refractivity contribution is -0.132. The molecule has 0 radical (unpaired) electrons. The fourth-order valence-corrected chi connectivity index (χ4v) is 2.11. The van der Waals surface area contributed by atoms with Crippen LogP contribution in [0.1, 0.15) is 12.8 Å². The second kappa shape index (κ2) is 5.12. The van der Waals surface area contributed by atoms with Crippen molar-refractivity contribution in [2.24, 2.45) is 5.73 Å². The van der Waals surface area contributed by atoms with Crippen molar-refractivity contribution in [3.8, 4) is 0 Å². The minimum atomic E-state index is -0.375. The number of likely N-dealkylation sites (tertiary alicyclic amines) is 1. The van der Waals surface area contributed by atoms with Crippen LogP contribution >= 0.6 is 12.4 Å². The lowest BCUT2D eigenvalue weighted by Crippen LogP contribution is -2.43. The standard InChI is InChI=1S/C9H17N3O2.ClH/c10-6-1-2-12(5-6)9(14)8-3-7(13)4-11-8;/h6-8,11,13H,1-5,10H2;1H/t6-,7+,8+;/m0./s1. The monoisotopic (exact) mass is 235 g/mol. The maximum absolute atomic E-state index is 11.8. The summed E-state index contributed by atoms with van der Waals surface area (Å²) < 4.78 is 0. The average molecular weight is 236 g/mol. The molecule has 0 unspecified atom stereocenters. The number of hydrogen-bond donors (Lipinski definition) is 3. The van der Waals surface area contributed by atoms with Gasteiger partial charge in [-0.15, -0.1) is 12.4 Å². The second-order valence-corrected chi connectivity index (χ2v) is 4.18. The first-order valence-electron chi connectivity index (χ1n) is 5.12. The fourth-order valence-electron chi connectivity index (χ4n) is 2.11. The van der Waals surface area contributed by atoms with Crippen LogP contribution in [0.2, 0.25) is 0 Å². The molecule has 2 aliphatic heterocycles. The highest BCUT2D eigenvalue weighted by Gasteiger charge is 2.33. The number of hydrogen-bond acceptors (Lipinski definition) is 4. The molecule has 3 atom stereocenters. The van der Waals surface area contributed by atoms with Crippen LogP contribution in [0.25, 0.3) is 0 Å². The Hall–Kier alpha value is -0.360. The van der Waals surface area contributed by atoms with Gasteiger partial charge in [-0.1, -0.05) is 0 Å². The van der Waals surface area contributed by atoms with Crippen molar-refractivity contribution >= 4 is 18.3 Å². The molecule has 15 heavy (non-hydrogen) atoms. The fraction of sp³-hybridized carbons (Fsp3) is 0.889. The molecule has 0 spiro atoms. The van der Waals surface area contributed by atoms with Gasteiger partial charge in [0.1, 0.15) is 0 Å². The smallest absolute Gasteiger partial charge is 0.239 e. The molecule has 0 aromatic carbocycles. The van der Waals surface area contributed by atoms with E-state index in [1.54, 1.807) is 4.90 Å². The zero-order valence-corrected chi connectivity index (χ0v) is 9.37. The molecule has 2 heterocycles. The highest BCUT2D eigenvalue weighted by atomic mass is 35.5. The van der Waals surface area contributed by atoms with Crippen LogP contribution in [0.5, 0.6) is 0 Å². The Morgan fingerprint density at radius 1 is 1.53 bits per heavy atom. The molecule has 5 nitrogen and oxygen atoms in total. The summed E-state index contributed by atoms with van der Waals surface area (Å²) in [6, 6.07) is -0.0689. The summed E-state index contributed by atoms with van der Waals surface area (Å²) >= 11 is 0. The highest BCUT2D eigenvalue weighted by molar-refractivity contribution is 5.85. The lowest BCUT2D eigenvalue weighted by atomic mass is 10.2. The Balaban J connectivity index is 0.00000112. The van der Waals surface area contributed by atoms with Gasteiger partial charge in [0.25, 0.3) is 0 Å². The number of nitrogens with zero attached hydrogens (tertiary/aromatic N) is 1. The van der Waals surface area contributed by atoms with Crippen LogP contribution in [-0.2, 0) is 4.79 Å². The first kappa shape index (κ1) is 12.7. The maximum atomic E-state index is 11.8. The van der Waals surface area contributed by atoms with E-state index < -0.39 is 0 Å². The highest BCUT2D eigenvalue weighted by Crippen LogP contribution is 2.13. The minimum Gasteiger partial charge on any atom is -0.392 e. The van der Waals surface area contributed by atoms with E-state index >= 15 is 0 Å². The van der Waals surface area contributed by atoms with Gasteiger partial charge >= 0.3 is 0 Å². The summed E-state index contributed by atoms with van der Waals surface area (Å²) in [7, 11) is 0. The van der Waals surface area contributed by atoms with Gasteiger partial charge in [0.2, 0.25) is 5.91 Å². The molecule has 1 amide bonds. The largest absolute Gasteiger partial charge is 0.392 e. The summed E-state index contributed by atoms with van der Waals surface area (Å²) in [6.45, 7) is 1.94. The third-order valence-corrected chi connectivity index (χ3v) is 2.94. The Labute approximate surface area is 95.4 Å². The van der Waals surface area contributed by atoms with Crippen LogP contribution in [0.3, 0.4) is 0 Å². The van der Waals surface area contributed by atoms with Crippen molar-refractivity contribution in [3.63, 3.8) is 0 Å². The zero-order chi connectivity index (χ0) is 10.1. The van der Waals surface area contributed by atoms with E-state index in [4.69, 9.17) is 5.73 Å². The third kappa shape index (κ3) is 2.81. The number of carbonyl (C=O) groups excluding carboxylic acids is 1. The number of β-amino-alcohol motifs (C(OH)–C–C–N with tert-alkyl or cyclic N) is 1. The molecule has 0 aliphatic carbocycles. The first-order chi connectivity index (χ1) is 6.66. The van der Waals surface area contributed by atoms with Crippen LogP contribution in [0.4, 0.5) is 0 Å². The molecule has 6 heteroatoms. The predicted octanol–water partition coefficient (Wildman–Crippen LogP) is -1.31. The van der Waals surface area contributed by atoms with Crippen molar-refractivity contribution in [2.45, 2.75) is 31.0 Å². The molecule has 0 saturated carbocycles. The van der Waals surface area contributed by atoms with E-state index in [0.29, 0.717) is 19.5 Å². The van der Waals surface area contributed by atoms with Gasteiger partial charge in [-0.3, -0.25) is 4.79 Å². The minimum absolute atomic E-state index is 0. The SMILES string of the molecule is Cl.N[C@H]1CCN(C(=O)[C@H]2C[C@@H](O)CN2)C1. The van der Waals surface area contributed by atoms with Crippen molar-refractivity contribution in [1.82, 2.24) is 10.2 Å². The van der Waals surface area contributed by atoms with E-state index in [2.05, 4.69) is 5.32 Å². The molecule has 0 bridgehead atoms. The molecule has 4 N–H and O–H groups in total. The number of carbonyl (C=O) groups is 1. The van der Waals surface area contributed by atoms with Gasteiger partial charge in [0, 0.05) is 25.7 Å². The van der Waals surface area contributed by atoms with Gasteiger partial charge in [-0.05, 0) is 12.8 Å². The molecule has 0 aromatic heterocycles. The molecule has 2 saturated heterocycles. The first-order valence-corrected chi connectivity index (χ1v) is 5.12. The second-order valence-electron chi connectivity index (χ2n) is 4.18. The normalized spacial score (nSPS) is 35.3. The summed E-state index contributed by atoms with van der Waals surface area (Å²) in [5, 5.41) is 12.3. The van der Waals surface area contributed by atoms with Crippen molar-refractivity contribution in [3.05, 3.63) is 0 Å². The molecule has 0 aromatic rings. The molecular formula is C9H18ClN3O2. The van der Waals surface area contributed by atoms with E-state index in [0.717, 1.165) is 13.0 Å². The van der Waals surface area contributed by atoms with Crippen LogP contribution < -0.4 is 11.1 Å². The average Bonchev–Trinajstić information content (AvgIpc) is 2.73. The number of aliphatic hydroxyl groups is 1. The molecule has 2 fully saturated rings. The van der Waals surface area contributed by atoms with E-state index in [1.807, 2.05) is 0 Å². The van der Waals surface area contributed by atoms with Gasteiger partial charge in [0.05, 0.1) is 12.1 Å². The summed E-state index contributed by atoms with van der Waals surface area (Å²) in [5.74, 6) is 0.0921. The Morgan fingerprint density at radius 3 is 2.73 bits per heavy atom. The van der Waals surface area contributed by atoms with E-state index in [-0.39, 0.29) is 36.5 Å². The summed E-state index contributed by atoms with van der Waals surface area (Å²) in [5.41, 5.74) is 5.73. The van der Waals surface area contributed by atoms with Crippen LogP contribution in [0.15, 0.2) is 0 Å². The van der Waals surface area contributed by atoms with Crippen molar-refractivity contribution < 1.29 is 9.90 Å². The topological polar surface area (TPSA) is 78.6 Å². The summed E-state index contributed by atoms with van der Waals surface area (Å²) in [6.07, 6.45) is 1.05. The summed E-state index contributed by atoms with van der Waals surface area (Å²) in [4.78, 5) is 13.6. The van der Waals surface area contributed by atoms with Gasteiger partial charge in [-0.2, -0.15) is 0 Å². The van der Waals surface area contributed by atoms with Gasteiger partial charge in [0.15, 0.2) is 0 Å². The Kier molecular flexibility index (Phi) is 4.33. The number of nitrogens with two attached hydrogens (primary N) is 1. The number of aliphatic hydroxyl groups excluding tert-OH is 1. The lowest BCUT2D eigenvalue weighted by Gasteiger charge is -2.19. The van der Waals surface area contributed by atoms with Gasteiger partial charge in [-0.25, -0.2) is 0 Å². The van der Waals surface area contributed by atoms with Crippen LogP contribution in [0, 0.1) is 0 Å². The number of rotatable bonds is 1. The van der Waals surface area contributed by atoms with E-state index in [9.17, 15) is 9.90 Å². The predicted molar refractivity (Wildman–Crippen MR) is 58.8 cm³/mol. The quantitative estimate of drug-likeness (QED) is 0.528. The van der Waals surface area contributed by atoms with Gasteiger partial charge < -0.3 is 21.1 Å². The maximum Gasteiger partial charge on any atom is 0.239 e. The molecular weight excluding hydrogens is 218 g/mol. The molecule has 88 valence electrons. The number of halogens is 1. The zero-order valence-electron chi connectivity index (χ0n) is 8.56. The third-order valence-electron chi connectivity index (χ3n) is 2.94. The number of amides is 1. The van der Waals surface area contributed by atoms with Crippen LogP contribution in [-0.4, -0.2) is 53.7 Å². The Morgan fingerprint density at radius 2 is 2.27 bits per heavy atom. The van der Waals surface area contributed by atoms with Crippen molar-refractivity contribution in [1.29, 1.82) is 0 Å². The van der Waals surface area contributed by atoms with Crippen molar-refractivity contribution in [2.75, 3.05) is 19.6 Å². The van der Waals surface area contributed by atoms with E-state index in [1.165, 1.54) is 0 Å². The molecule has 2 rings (SSSR count). The number of nitrogens with one attached hydrogen (secondary N) is 1. The Bertz CT molecular complexity index is 217. The molecule has 2 aliphatic rings.